The van der Waals surface area contributed by atoms with Gasteiger partial charge in [0.1, 0.15) is 0 Å². The number of halogens is 3. The van der Waals surface area contributed by atoms with Gasteiger partial charge in [0, 0.05) is 6.54 Å². The fourth-order valence-electron chi connectivity index (χ4n) is 1.80. The number of aromatic nitrogens is 3. The Hall–Kier alpha value is -1.89. The van der Waals surface area contributed by atoms with E-state index in [0.717, 1.165) is 24.4 Å². The molecule has 0 amide bonds. The van der Waals surface area contributed by atoms with Crippen LogP contribution in [-0.4, -0.2) is 21.5 Å². The molecule has 0 bridgehead atoms. The van der Waals surface area contributed by atoms with E-state index in [9.17, 15) is 13.2 Å². The molecule has 7 heteroatoms. The third kappa shape index (κ3) is 4.29. The van der Waals surface area contributed by atoms with Gasteiger partial charge in [0.25, 0.3) is 0 Å². The average Bonchev–Trinajstić information content (AvgIpc) is 2.86. The summed E-state index contributed by atoms with van der Waals surface area (Å²) in [6.07, 6.45) is -2.62. The number of benzene rings is 1. The highest BCUT2D eigenvalue weighted by molar-refractivity contribution is 5.34. The van der Waals surface area contributed by atoms with Gasteiger partial charge in [-0.1, -0.05) is 19.1 Å². The molecule has 1 heterocycles. The van der Waals surface area contributed by atoms with E-state index in [0.29, 0.717) is 18.2 Å². The van der Waals surface area contributed by atoms with Gasteiger partial charge < -0.3 is 5.32 Å². The molecule has 2 aromatic rings. The van der Waals surface area contributed by atoms with Crippen LogP contribution in [0.5, 0.6) is 0 Å². The number of nitrogens with zero attached hydrogens (tertiary/aromatic N) is 3. The first kappa shape index (κ1) is 15.5. The van der Waals surface area contributed by atoms with Crippen LogP contribution in [0.1, 0.15) is 25.1 Å². The van der Waals surface area contributed by atoms with Crippen LogP contribution in [0.25, 0.3) is 5.69 Å². The summed E-state index contributed by atoms with van der Waals surface area (Å²) in [5, 5.41) is 11.1. The zero-order valence-electron chi connectivity index (χ0n) is 11.9. The number of hydrogen-bond acceptors (Lipinski definition) is 3. The topological polar surface area (TPSA) is 42.7 Å². The fourth-order valence-corrected chi connectivity index (χ4v) is 1.80. The van der Waals surface area contributed by atoms with Crippen molar-refractivity contribution in [1.82, 2.24) is 20.3 Å². The lowest BCUT2D eigenvalue weighted by atomic mass is 10.2. The minimum absolute atomic E-state index is 0.537. The molecular formula is C14H17F3N4. The Kier molecular flexibility index (Phi) is 4.62. The smallest absolute Gasteiger partial charge is 0.311 e. The maximum absolute atomic E-state index is 12.5. The minimum atomic E-state index is -4.33. The maximum Gasteiger partial charge on any atom is 0.416 e. The first-order chi connectivity index (χ1) is 9.86. The van der Waals surface area contributed by atoms with Crippen molar-refractivity contribution in [1.29, 1.82) is 0 Å². The van der Waals surface area contributed by atoms with E-state index >= 15 is 0 Å². The van der Waals surface area contributed by atoms with Crippen molar-refractivity contribution in [3.8, 4) is 5.69 Å². The predicted molar refractivity (Wildman–Crippen MR) is 72.9 cm³/mol. The standard InChI is InChI=1S/C14H17F3N4/c1-10(2)7-18-8-12-9-21(20-19-12)13-5-3-11(4-6-13)14(15,16)17/h3-6,9-10,18H,7-8H2,1-2H3. The molecule has 0 saturated heterocycles. The zero-order valence-corrected chi connectivity index (χ0v) is 11.9. The van der Waals surface area contributed by atoms with E-state index in [-0.39, 0.29) is 0 Å². The number of nitrogens with one attached hydrogen (secondary N) is 1. The van der Waals surface area contributed by atoms with E-state index in [2.05, 4.69) is 29.5 Å². The first-order valence-electron chi connectivity index (χ1n) is 6.66. The van der Waals surface area contributed by atoms with Crippen LogP contribution in [0, 0.1) is 5.92 Å². The predicted octanol–water partition coefficient (Wildman–Crippen LogP) is 3.03. The Bertz CT molecular complexity index is 573. The van der Waals surface area contributed by atoms with E-state index in [1.807, 2.05) is 0 Å². The van der Waals surface area contributed by atoms with Gasteiger partial charge in [-0.15, -0.1) is 5.10 Å². The monoisotopic (exact) mass is 298 g/mol. The summed E-state index contributed by atoms with van der Waals surface area (Å²) in [6.45, 7) is 5.66. The molecule has 0 unspecified atom stereocenters. The molecule has 0 atom stereocenters. The van der Waals surface area contributed by atoms with Crippen molar-refractivity contribution in [2.75, 3.05) is 6.54 Å². The van der Waals surface area contributed by atoms with Crippen LogP contribution in [0.3, 0.4) is 0 Å². The van der Waals surface area contributed by atoms with Gasteiger partial charge in [-0.05, 0) is 36.7 Å². The van der Waals surface area contributed by atoms with E-state index < -0.39 is 11.7 Å². The lowest BCUT2D eigenvalue weighted by Gasteiger charge is -2.07. The van der Waals surface area contributed by atoms with Gasteiger partial charge in [-0.25, -0.2) is 4.68 Å². The minimum Gasteiger partial charge on any atom is -0.311 e. The molecule has 4 nitrogen and oxygen atoms in total. The normalized spacial score (nSPS) is 12.1. The second kappa shape index (κ2) is 6.26. The molecule has 0 aliphatic heterocycles. The largest absolute Gasteiger partial charge is 0.416 e. The van der Waals surface area contributed by atoms with E-state index in [1.54, 1.807) is 6.20 Å². The summed E-state index contributed by atoms with van der Waals surface area (Å²) >= 11 is 0. The van der Waals surface area contributed by atoms with Crippen molar-refractivity contribution in [2.24, 2.45) is 5.92 Å². The second-order valence-corrected chi connectivity index (χ2v) is 5.22. The van der Waals surface area contributed by atoms with Gasteiger partial charge in [-0.2, -0.15) is 13.2 Å². The highest BCUT2D eigenvalue weighted by Gasteiger charge is 2.30. The molecule has 0 aliphatic rings. The van der Waals surface area contributed by atoms with Gasteiger partial charge in [0.2, 0.25) is 0 Å². The van der Waals surface area contributed by atoms with Gasteiger partial charge in [-0.3, -0.25) is 0 Å². The lowest BCUT2D eigenvalue weighted by Crippen LogP contribution is -2.19. The first-order valence-corrected chi connectivity index (χ1v) is 6.66. The third-order valence-electron chi connectivity index (χ3n) is 2.86. The Labute approximate surface area is 121 Å². The van der Waals surface area contributed by atoms with Crippen LogP contribution in [0.15, 0.2) is 30.5 Å². The molecule has 0 radical (unpaired) electrons. The zero-order chi connectivity index (χ0) is 15.5. The molecule has 1 aromatic carbocycles. The molecule has 21 heavy (non-hydrogen) atoms. The van der Waals surface area contributed by atoms with Crippen LogP contribution in [0.2, 0.25) is 0 Å². The number of alkyl halides is 3. The van der Waals surface area contributed by atoms with Gasteiger partial charge in [0.05, 0.1) is 23.1 Å². The molecule has 114 valence electrons. The average molecular weight is 298 g/mol. The number of hydrogen-bond donors (Lipinski definition) is 1. The van der Waals surface area contributed by atoms with E-state index in [1.165, 1.54) is 16.8 Å². The van der Waals surface area contributed by atoms with Crippen LogP contribution >= 0.6 is 0 Å². The van der Waals surface area contributed by atoms with Crippen molar-refractivity contribution in [3.05, 3.63) is 41.7 Å². The van der Waals surface area contributed by atoms with Gasteiger partial charge >= 0.3 is 6.18 Å². The molecule has 1 aromatic heterocycles. The summed E-state index contributed by atoms with van der Waals surface area (Å²) < 4.78 is 38.9. The quantitative estimate of drug-likeness (QED) is 0.922. The highest BCUT2D eigenvalue weighted by Crippen LogP contribution is 2.29. The molecule has 0 saturated carbocycles. The van der Waals surface area contributed by atoms with Crippen LogP contribution < -0.4 is 5.32 Å². The van der Waals surface area contributed by atoms with Crippen molar-refractivity contribution in [3.63, 3.8) is 0 Å². The van der Waals surface area contributed by atoms with Crippen molar-refractivity contribution < 1.29 is 13.2 Å². The second-order valence-electron chi connectivity index (χ2n) is 5.22. The Balaban J connectivity index is 2.04. The summed E-state index contributed by atoms with van der Waals surface area (Å²) in [7, 11) is 0. The summed E-state index contributed by atoms with van der Waals surface area (Å²) in [5.74, 6) is 0.537. The van der Waals surface area contributed by atoms with Crippen LogP contribution in [-0.2, 0) is 12.7 Å². The SMILES string of the molecule is CC(C)CNCc1cn(-c2ccc(C(F)(F)F)cc2)nn1. The lowest BCUT2D eigenvalue weighted by molar-refractivity contribution is -0.137. The fraction of sp³-hybridized carbons (Fsp3) is 0.429. The molecule has 0 fully saturated rings. The molecule has 0 aliphatic carbocycles. The highest BCUT2D eigenvalue weighted by atomic mass is 19.4. The Morgan fingerprint density at radius 2 is 1.86 bits per heavy atom. The summed E-state index contributed by atoms with van der Waals surface area (Å²) in [6, 6.07) is 4.83. The molecule has 1 N–H and O–H groups in total. The summed E-state index contributed by atoms with van der Waals surface area (Å²) in [5.41, 5.74) is 0.617. The number of rotatable bonds is 5. The van der Waals surface area contributed by atoms with Gasteiger partial charge in [0.15, 0.2) is 0 Å². The molecule has 2 rings (SSSR count). The van der Waals surface area contributed by atoms with E-state index in [4.69, 9.17) is 0 Å². The van der Waals surface area contributed by atoms with Crippen molar-refractivity contribution in [2.45, 2.75) is 26.6 Å². The van der Waals surface area contributed by atoms with Crippen LogP contribution in [0.4, 0.5) is 13.2 Å². The summed E-state index contributed by atoms with van der Waals surface area (Å²) in [4.78, 5) is 0. The van der Waals surface area contributed by atoms with Crippen molar-refractivity contribution >= 4 is 0 Å². The Morgan fingerprint density at radius 1 is 1.19 bits per heavy atom. The molecular weight excluding hydrogens is 281 g/mol. The Morgan fingerprint density at radius 3 is 2.43 bits per heavy atom. The third-order valence-corrected chi connectivity index (χ3v) is 2.86. The molecule has 0 spiro atoms. The maximum atomic E-state index is 12.5.